The molecule has 3 aromatic rings. The molecule has 2 aliphatic rings. The predicted octanol–water partition coefficient (Wildman–Crippen LogP) is 4.75. The maximum absolute atomic E-state index is 11.6. The second-order valence-electron chi connectivity index (χ2n) is 11.7. The van der Waals surface area contributed by atoms with Crippen LogP contribution in [0.3, 0.4) is 0 Å². The first-order valence-corrected chi connectivity index (χ1v) is 14.2. The normalized spacial score (nSPS) is 18.0. The maximum Gasteiger partial charge on any atom is 0.231 e. The Balaban J connectivity index is 1.56. The van der Waals surface area contributed by atoms with E-state index in [2.05, 4.69) is 92.6 Å². The number of carbonyl (C=O) groups is 1. The first-order valence-electron chi connectivity index (χ1n) is 14.2. The SMILES string of the molecule is Cc1ccc(C)c(-c2nc3c(c(N4CCN(CC(N)=O)[C@H](C)C4)n2)CN(c2cc(C(C)C)ccc2C)CC3)c1. The molecule has 1 saturated heterocycles. The molecule has 7 heteroatoms. The Labute approximate surface area is 233 Å². The highest BCUT2D eigenvalue weighted by Crippen LogP contribution is 2.35. The van der Waals surface area contributed by atoms with E-state index in [-0.39, 0.29) is 11.9 Å². The summed E-state index contributed by atoms with van der Waals surface area (Å²) >= 11 is 0. The Kier molecular flexibility index (Phi) is 7.63. The van der Waals surface area contributed by atoms with Crippen LogP contribution >= 0.6 is 0 Å². The molecule has 0 aliphatic carbocycles. The fourth-order valence-corrected chi connectivity index (χ4v) is 5.91. The topological polar surface area (TPSA) is 78.6 Å². The molecule has 3 heterocycles. The zero-order valence-electron chi connectivity index (χ0n) is 24.3. The molecule has 0 unspecified atom stereocenters. The molecule has 2 aliphatic heterocycles. The van der Waals surface area contributed by atoms with E-state index in [1.807, 2.05) is 0 Å². The molecule has 206 valence electrons. The fourth-order valence-electron chi connectivity index (χ4n) is 5.91. The van der Waals surface area contributed by atoms with Gasteiger partial charge >= 0.3 is 0 Å². The second kappa shape index (κ2) is 11.0. The molecule has 2 aromatic carbocycles. The van der Waals surface area contributed by atoms with Crippen molar-refractivity contribution >= 4 is 17.4 Å². The molecule has 0 saturated carbocycles. The molecular formula is C32H42N6O. The number of hydrogen-bond acceptors (Lipinski definition) is 6. The van der Waals surface area contributed by atoms with Gasteiger partial charge in [-0.05, 0) is 62.4 Å². The monoisotopic (exact) mass is 526 g/mol. The van der Waals surface area contributed by atoms with Gasteiger partial charge in [-0.15, -0.1) is 0 Å². The van der Waals surface area contributed by atoms with Crippen LogP contribution in [-0.2, 0) is 17.8 Å². The van der Waals surface area contributed by atoms with Crippen molar-refractivity contribution in [1.82, 2.24) is 14.9 Å². The van der Waals surface area contributed by atoms with Crippen molar-refractivity contribution in [2.75, 3.05) is 42.5 Å². The largest absolute Gasteiger partial charge is 0.369 e. The molecule has 0 bridgehead atoms. The number of fused-ring (bicyclic) bond motifs is 1. The third kappa shape index (κ3) is 5.64. The third-order valence-electron chi connectivity index (χ3n) is 8.34. The first kappa shape index (κ1) is 27.1. The highest BCUT2D eigenvalue weighted by atomic mass is 16.1. The van der Waals surface area contributed by atoms with E-state index in [9.17, 15) is 4.79 Å². The number of carbonyl (C=O) groups excluding carboxylic acids is 1. The molecule has 1 atom stereocenters. The lowest BCUT2D eigenvalue weighted by Gasteiger charge is -2.41. The van der Waals surface area contributed by atoms with Crippen molar-refractivity contribution in [3.63, 3.8) is 0 Å². The lowest BCUT2D eigenvalue weighted by molar-refractivity contribution is -0.119. The van der Waals surface area contributed by atoms with Crippen LogP contribution in [0.15, 0.2) is 36.4 Å². The van der Waals surface area contributed by atoms with Gasteiger partial charge in [0, 0.05) is 62.0 Å². The van der Waals surface area contributed by atoms with Crippen LogP contribution in [0, 0.1) is 20.8 Å². The molecule has 7 nitrogen and oxygen atoms in total. The summed E-state index contributed by atoms with van der Waals surface area (Å²) in [6.45, 7) is 17.5. The summed E-state index contributed by atoms with van der Waals surface area (Å²) in [5, 5.41) is 0. The van der Waals surface area contributed by atoms with Gasteiger partial charge in [0.05, 0.1) is 12.2 Å². The number of nitrogens with zero attached hydrogens (tertiary/aromatic N) is 5. The number of aryl methyl sites for hydroxylation is 3. The Morgan fingerprint density at radius 1 is 1.00 bits per heavy atom. The minimum atomic E-state index is -0.276. The minimum Gasteiger partial charge on any atom is -0.369 e. The van der Waals surface area contributed by atoms with Gasteiger partial charge in [0.15, 0.2) is 5.82 Å². The number of benzene rings is 2. The van der Waals surface area contributed by atoms with Crippen LogP contribution in [0.25, 0.3) is 11.4 Å². The van der Waals surface area contributed by atoms with Crippen LogP contribution in [0.4, 0.5) is 11.5 Å². The lowest BCUT2D eigenvalue weighted by Crippen LogP contribution is -2.54. The molecule has 2 N–H and O–H groups in total. The number of aromatic nitrogens is 2. The van der Waals surface area contributed by atoms with Crippen LogP contribution in [0.1, 0.15) is 60.2 Å². The van der Waals surface area contributed by atoms with E-state index in [0.717, 1.165) is 62.0 Å². The molecule has 39 heavy (non-hydrogen) atoms. The predicted molar refractivity (Wildman–Crippen MR) is 159 cm³/mol. The molecule has 0 spiro atoms. The van der Waals surface area contributed by atoms with E-state index >= 15 is 0 Å². The van der Waals surface area contributed by atoms with Gasteiger partial charge in [-0.2, -0.15) is 0 Å². The molecule has 1 aromatic heterocycles. The van der Waals surface area contributed by atoms with Crippen molar-refractivity contribution < 1.29 is 4.79 Å². The number of anilines is 2. The Morgan fingerprint density at radius 2 is 1.77 bits per heavy atom. The van der Waals surface area contributed by atoms with Gasteiger partial charge in [0.2, 0.25) is 5.91 Å². The zero-order chi connectivity index (χ0) is 27.8. The summed E-state index contributed by atoms with van der Waals surface area (Å²) in [6.07, 6.45) is 0.880. The zero-order valence-corrected chi connectivity index (χ0v) is 24.3. The smallest absolute Gasteiger partial charge is 0.231 e. The summed E-state index contributed by atoms with van der Waals surface area (Å²) in [4.78, 5) is 29.1. The quantitative estimate of drug-likeness (QED) is 0.499. The van der Waals surface area contributed by atoms with Crippen molar-refractivity contribution in [1.29, 1.82) is 0 Å². The van der Waals surface area contributed by atoms with E-state index in [1.54, 1.807) is 0 Å². The average Bonchev–Trinajstić information content (AvgIpc) is 2.90. The number of rotatable bonds is 6. The van der Waals surface area contributed by atoms with Crippen LogP contribution < -0.4 is 15.5 Å². The van der Waals surface area contributed by atoms with Gasteiger partial charge in [0.25, 0.3) is 0 Å². The minimum absolute atomic E-state index is 0.200. The third-order valence-corrected chi connectivity index (χ3v) is 8.34. The number of nitrogens with two attached hydrogens (primary N) is 1. The fraction of sp³-hybridized carbons (Fsp3) is 0.469. The van der Waals surface area contributed by atoms with Crippen molar-refractivity contribution in [3.05, 3.63) is 69.9 Å². The molecule has 5 rings (SSSR count). The Bertz CT molecular complexity index is 1380. The van der Waals surface area contributed by atoms with Crippen LogP contribution in [0.5, 0.6) is 0 Å². The molecule has 1 amide bonds. The van der Waals surface area contributed by atoms with Crippen LogP contribution in [-0.4, -0.2) is 59.5 Å². The second-order valence-corrected chi connectivity index (χ2v) is 11.7. The highest BCUT2D eigenvalue weighted by Gasteiger charge is 2.31. The first-order chi connectivity index (χ1) is 18.6. The van der Waals surface area contributed by atoms with Crippen molar-refractivity contribution in [2.45, 2.75) is 66.5 Å². The van der Waals surface area contributed by atoms with E-state index in [4.69, 9.17) is 15.7 Å². The summed E-state index contributed by atoms with van der Waals surface area (Å²) in [6, 6.07) is 13.6. The molecular weight excluding hydrogens is 484 g/mol. The standard InChI is InChI=1S/C32H42N6O/c1-20(2)25-10-9-23(5)29(16-25)37-12-11-28-27(18-37)32(38-14-13-36(19-30(33)39)24(6)17-38)35-31(34-28)26-15-21(3)7-8-22(26)4/h7-10,15-16,20,24H,11-14,17-19H2,1-6H3,(H2,33,39)/t24-/m1/s1. The summed E-state index contributed by atoms with van der Waals surface area (Å²) in [5.74, 6) is 2.05. The summed E-state index contributed by atoms with van der Waals surface area (Å²) in [7, 11) is 0. The van der Waals surface area contributed by atoms with E-state index < -0.39 is 0 Å². The number of primary amides is 1. The van der Waals surface area contributed by atoms with E-state index in [0.29, 0.717) is 12.5 Å². The van der Waals surface area contributed by atoms with Gasteiger partial charge in [-0.3, -0.25) is 9.69 Å². The number of piperazine rings is 1. The van der Waals surface area contributed by atoms with Crippen LogP contribution in [0.2, 0.25) is 0 Å². The van der Waals surface area contributed by atoms with Gasteiger partial charge in [0.1, 0.15) is 5.82 Å². The van der Waals surface area contributed by atoms with Gasteiger partial charge in [-0.1, -0.05) is 43.7 Å². The van der Waals surface area contributed by atoms with E-state index in [1.165, 1.54) is 33.5 Å². The molecule has 1 fully saturated rings. The van der Waals surface area contributed by atoms with Crippen molar-refractivity contribution in [3.8, 4) is 11.4 Å². The van der Waals surface area contributed by atoms with Crippen molar-refractivity contribution in [2.24, 2.45) is 5.73 Å². The average molecular weight is 527 g/mol. The number of hydrogen-bond donors (Lipinski definition) is 1. The van der Waals surface area contributed by atoms with Gasteiger partial charge in [-0.25, -0.2) is 9.97 Å². The molecule has 0 radical (unpaired) electrons. The lowest BCUT2D eigenvalue weighted by atomic mass is 9.98. The number of amides is 1. The Morgan fingerprint density at radius 3 is 2.49 bits per heavy atom. The summed E-state index contributed by atoms with van der Waals surface area (Å²) in [5.41, 5.74) is 15.4. The Hall–Kier alpha value is -3.45. The highest BCUT2D eigenvalue weighted by molar-refractivity contribution is 5.76. The maximum atomic E-state index is 11.6. The summed E-state index contributed by atoms with van der Waals surface area (Å²) < 4.78 is 0. The van der Waals surface area contributed by atoms with Gasteiger partial charge < -0.3 is 15.5 Å².